The number of carboxylic acids is 1. The lowest BCUT2D eigenvalue weighted by molar-refractivity contribution is -0.117. The smallest absolute Gasteiger partial charge is 0.375 e. The predicted molar refractivity (Wildman–Crippen MR) is 169 cm³/mol. The van der Waals surface area contributed by atoms with E-state index in [0.29, 0.717) is 54.0 Å². The highest BCUT2D eigenvalue weighted by Crippen LogP contribution is 2.40. The summed E-state index contributed by atoms with van der Waals surface area (Å²) in [6, 6.07) is 4.49. The molecule has 4 rings (SSSR count). The van der Waals surface area contributed by atoms with E-state index in [1.165, 1.54) is 36.8 Å². The fraction of sp³-hybridized carbons (Fsp3) is 0.519. The van der Waals surface area contributed by atoms with E-state index in [2.05, 4.69) is 15.2 Å². The van der Waals surface area contributed by atoms with Gasteiger partial charge in [-0.05, 0) is 67.7 Å². The number of rotatable bonds is 8. The summed E-state index contributed by atoms with van der Waals surface area (Å²) in [6.45, 7) is 4.37. The number of carbonyl (C=O) groups excluding carboxylic acids is 1. The zero-order valence-electron chi connectivity index (χ0n) is 23.0. The predicted octanol–water partition coefficient (Wildman–Crippen LogP) is 8.21. The van der Waals surface area contributed by atoms with Gasteiger partial charge in [-0.25, -0.2) is 14.5 Å². The van der Waals surface area contributed by atoms with Crippen molar-refractivity contribution in [3.05, 3.63) is 51.2 Å². The van der Waals surface area contributed by atoms with Crippen LogP contribution < -0.4 is 0 Å². The molecule has 1 aliphatic heterocycles. The van der Waals surface area contributed by atoms with Crippen LogP contribution in [-0.2, 0) is 13.4 Å². The SMILES string of the molecule is CCC/C(=N\OCC)C1=C(O)CC(C2CCCSC2)CC1=O.O=C(O)c1nc(C(Cl)(Cl)Cl)n(-c2ccc(Cl)cc2Cl)n1. The number of alkyl halides is 3. The number of ketones is 1. The van der Waals surface area contributed by atoms with E-state index < -0.39 is 15.6 Å². The van der Waals surface area contributed by atoms with Crippen LogP contribution in [0.15, 0.2) is 34.7 Å². The van der Waals surface area contributed by atoms with E-state index in [9.17, 15) is 14.7 Å². The standard InChI is InChI=1S/C17H27NO3S.C10H4Cl5N3O2/c1-3-6-14(18-21-4-2)17-15(19)9-13(10-16(17)20)12-7-5-8-22-11-12;11-4-1-2-6(5(12)3-4)18-9(10(13,14)15)16-7(17-18)8(19)20/h12-13,19H,3-11H2,1-2H3;1-3H,(H,19,20)/b18-14+;. The number of carbonyl (C=O) groups is 2. The molecule has 2 atom stereocenters. The third kappa shape index (κ3) is 9.16. The molecule has 9 nitrogen and oxygen atoms in total. The Labute approximate surface area is 273 Å². The van der Waals surface area contributed by atoms with Crippen LogP contribution in [0.4, 0.5) is 0 Å². The van der Waals surface area contributed by atoms with Crippen LogP contribution in [-0.4, -0.2) is 60.6 Å². The van der Waals surface area contributed by atoms with Gasteiger partial charge in [-0.1, -0.05) is 76.5 Å². The Balaban J connectivity index is 0.000000231. The zero-order valence-corrected chi connectivity index (χ0v) is 27.6. The summed E-state index contributed by atoms with van der Waals surface area (Å²) < 4.78 is -0.918. The van der Waals surface area contributed by atoms with Crippen LogP contribution >= 0.6 is 69.8 Å². The summed E-state index contributed by atoms with van der Waals surface area (Å²) >= 11 is 31.1. The molecule has 42 heavy (non-hydrogen) atoms. The lowest BCUT2D eigenvalue weighted by atomic mass is 9.76. The second kappa shape index (κ2) is 15.9. The van der Waals surface area contributed by atoms with Crippen LogP contribution in [0.1, 0.15) is 68.8 Å². The number of halogens is 5. The van der Waals surface area contributed by atoms with Gasteiger partial charge in [-0.2, -0.15) is 11.8 Å². The molecule has 2 N–H and O–H groups in total. The van der Waals surface area contributed by atoms with Crippen molar-refractivity contribution >= 4 is 87.2 Å². The number of aliphatic hydroxyl groups is 1. The molecule has 1 aromatic heterocycles. The molecule has 1 aliphatic carbocycles. The van der Waals surface area contributed by atoms with Gasteiger partial charge in [0.15, 0.2) is 11.6 Å². The largest absolute Gasteiger partial charge is 0.511 e. The lowest BCUT2D eigenvalue weighted by Gasteiger charge is -2.32. The average Bonchev–Trinajstić information content (AvgIpc) is 3.39. The Morgan fingerprint density at radius 1 is 1.21 bits per heavy atom. The molecule has 0 spiro atoms. The van der Waals surface area contributed by atoms with E-state index >= 15 is 0 Å². The summed E-state index contributed by atoms with van der Waals surface area (Å²) in [5.74, 6) is 1.40. The summed E-state index contributed by atoms with van der Waals surface area (Å²) in [6.07, 6.45) is 5.10. The number of hydrogen-bond acceptors (Lipinski definition) is 8. The van der Waals surface area contributed by atoms with Crippen molar-refractivity contribution in [3.8, 4) is 5.69 Å². The Kier molecular flexibility index (Phi) is 13.1. The molecular weight excluding hydrogens is 670 g/mol. The molecule has 15 heteroatoms. The van der Waals surface area contributed by atoms with Gasteiger partial charge in [0.25, 0.3) is 5.82 Å². The first kappa shape index (κ1) is 34.8. The van der Waals surface area contributed by atoms with Gasteiger partial charge >= 0.3 is 5.97 Å². The van der Waals surface area contributed by atoms with Crippen LogP contribution in [0.3, 0.4) is 0 Å². The maximum Gasteiger partial charge on any atom is 0.375 e. The molecule has 2 unspecified atom stereocenters. The number of allylic oxidation sites excluding steroid dienone is 2. The van der Waals surface area contributed by atoms with Gasteiger partial charge in [-0.3, -0.25) is 4.79 Å². The van der Waals surface area contributed by atoms with Crippen molar-refractivity contribution in [1.29, 1.82) is 0 Å². The van der Waals surface area contributed by atoms with Gasteiger partial charge in [-0.15, -0.1) is 5.10 Å². The van der Waals surface area contributed by atoms with Crippen molar-refractivity contribution in [2.45, 2.75) is 56.2 Å². The third-order valence-corrected chi connectivity index (χ3v) is 8.89. The highest BCUT2D eigenvalue weighted by atomic mass is 35.6. The minimum Gasteiger partial charge on any atom is -0.511 e. The van der Waals surface area contributed by atoms with Crippen molar-refractivity contribution in [2.24, 2.45) is 17.0 Å². The average molecular weight is 701 g/mol. The highest BCUT2D eigenvalue weighted by Gasteiger charge is 2.35. The van der Waals surface area contributed by atoms with Crippen molar-refractivity contribution in [1.82, 2.24) is 14.8 Å². The van der Waals surface area contributed by atoms with Crippen LogP contribution in [0, 0.1) is 11.8 Å². The number of aromatic nitrogens is 3. The first-order valence-electron chi connectivity index (χ1n) is 13.3. The minimum absolute atomic E-state index is 0.0382. The molecule has 1 saturated heterocycles. The van der Waals surface area contributed by atoms with Crippen molar-refractivity contribution < 1.29 is 24.6 Å². The van der Waals surface area contributed by atoms with E-state index in [-0.39, 0.29) is 28.1 Å². The summed E-state index contributed by atoms with van der Waals surface area (Å²) in [5.41, 5.74) is 1.33. The normalized spacial score (nSPS) is 19.8. The van der Waals surface area contributed by atoms with Crippen molar-refractivity contribution in [3.63, 3.8) is 0 Å². The van der Waals surface area contributed by atoms with Crippen LogP contribution in [0.2, 0.25) is 10.0 Å². The Morgan fingerprint density at radius 2 is 1.95 bits per heavy atom. The number of hydrogen-bond donors (Lipinski definition) is 2. The fourth-order valence-electron chi connectivity index (χ4n) is 4.72. The van der Waals surface area contributed by atoms with Gasteiger partial charge in [0, 0.05) is 17.9 Å². The monoisotopic (exact) mass is 698 g/mol. The molecule has 1 aromatic carbocycles. The molecule has 0 radical (unpaired) electrons. The van der Waals surface area contributed by atoms with Crippen LogP contribution in [0.5, 0.6) is 0 Å². The number of oxime groups is 1. The number of nitrogens with zero attached hydrogens (tertiary/aromatic N) is 4. The van der Waals surface area contributed by atoms with Gasteiger partial charge in [0.1, 0.15) is 12.4 Å². The summed E-state index contributed by atoms with van der Waals surface area (Å²) in [4.78, 5) is 32.3. The number of aliphatic hydroxyl groups excluding tert-OH is 1. The molecule has 2 heterocycles. The fourth-order valence-corrected chi connectivity index (χ4v) is 6.86. The van der Waals surface area contributed by atoms with Gasteiger partial charge in [0.2, 0.25) is 3.79 Å². The molecule has 0 amide bonds. The topological polar surface area (TPSA) is 127 Å². The lowest BCUT2D eigenvalue weighted by Crippen LogP contribution is -2.30. The molecule has 1 fully saturated rings. The first-order chi connectivity index (χ1) is 19.9. The van der Waals surface area contributed by atoms with Crippen LogP contribution in [0.25, 0.3) is 5.69 Å². The number of benzene rings is 1. The molecule has 0 bridgehead atoms. The highest BCUT2D eigenvalue weighted by molar-refractivity contribution is 7.99. The second-order valence-electron chi connectivity index (χ2n) is 9.67. The number of carboxylic acid groups (broad SMARTS) is 1. The van der Waals surface area contributed by atoms with Crippen molar-refractivity contribution in [2.75, 3.05) is 18.1 Å². The first-order valence-corrected chi connectivity index (χ1v) is 16.4. The van der Waals surface area contributed by atoms with E-state index in [1.807, 2.05) is 25.6 Å². The quantitative estimate of drug-likeness (QED) is 0.160. The van der Waals surface area contributed by atoms with Gasteiger partial charge in [0.05, 0.1) is 22.0 Å². The summed E-state index contributed by atoms with van der Waals surface area (Å²) in [7, 11) is 0. The zero-order chi connectivity index (χ0) is 31.0. The summed E-state index contributed by atoms with van der Waals surface area (Å²) in [5, 5.41) is 27.8. The molecular formula is C27H31Cl5N4O5S. The number of aromatic carboxylic acids is 1. The Bertz CT molecular complexity index is 1340. The maximum atomic E-state index is 12.6. The Hall–Kier alpha value is -1.69. The third-order valence-electron chi connectivity index (χ3n) is 6.60. The van der Waals surface area contributed by atoms with Gasteiger partial charge < -0.3 is 15.1 Å². The minimum atomic E-state index is -1.97. The molecule has 230 valence electrons. The van der Waals surface area contributed by atoms with E-state index in [4.69, 9.17) is 67.9 Å². The maximum absolute atomic E-state index is 12.6. The second-order valence-corrected chi connectivity index (χ2v) is 13.9. The Morgan fingerprint density at radius 3 is 2.50 bits per heavy atom. The molecule has 2 aromatic rings. The number of Topliss-reactive ketones (excluding diaryl/α,β-unsaturated/α-hetero) is 1. The van der Waals surface area contributed by atoms with E-state index in [0.717, 1.165) is 16.9 Å². The number of thioether (sulfide) groups is 1. The van der Waals surface area contributed by atoms with E-state index in [1.54, 1.807) is 0 Å². The molecule has 2 aliphatic rings. The molecule has 0 saturated carbocycles.